The van der Waals surface area contributed by atoms with Crippen molar-refractivity contribution in [2.24, 2.45) is 0 Å². The van der Waals surface area contributed by atoms with Gasteiger partial charge in [0.2, 0.25) is 0 Å². The standard InChI is InChI=1S/C9H10INO2/c10-9(12)13-6-2-4-8-3-1-5-11-7-8/h1-4,7,11H,5-6H2/b4-2+. The van der Waals surface area contributed by atoms with Crippen LogP contribution in [0.4, 0.5) is 4.79 Å². The van der Waals surface area contributed by atoms with Gasteiger partial charge >= 0.3 is 3.98 Å². The molecule has 0 saturated heterocycles. The number of halogens is 1. The van der Waals surface area contributed by atoms with Crippen molar-refractivity contribution in [1.29, 1.82) is 0 Å². The summed E-state index contributed by atoms with van der Waals surface area (Å²) >= 11 is 1.60. The Hall–Kier alpha value is -0.780. The van der Waals surface area contributed by atoms with E-state index in [9.17, 15) is 4.79 Å². The van der Waals surface area contributed by atoms with Gasteiger partial charge in [0.05, 0.1) is 22.6 Å². The number of ether oxygens (including phenoxy) is 1. The van der Waals surface area contributed by atoms with E-state index >= 15 is 0 Å². The molecule has 70 valence electrons. The highest BCUT2D eigenvalue weighted by Gasteiger charge is 1.92. The monoisotopic (exact) mass is 291 g/mol. The van der Waals surface area contributed by atoms with Gasteiger partial charge in [0.15, 0.2) is 0 Å². The first kappa shape index (κ1) is 10.3. The summed E-state index contributed by atoms with van der Waals surface area (Å²) in [5.41, 5.74) is 1.08. The molecule has 0 atom stereocenters. The number of nitrogens with one attached hydrogen (secondary N) is 1. The molecule has 0 radical (unpaired) electrons. The van der Waals surface area contributed by atoms with Crippen LogP contribution in [0.1, 0.15) is 0 Å². The number of carbonyl (C=O) groups excluding carboxylic acids is 1. The van der Waals surface area contributed by atoms with Crippen molar-refractivity contribution < 1.29 is 9.53 Å². The Balaban J connectivity index is 2.27. The van der Waals surface area contributed by atoms with Crippen LogP contribution in [0.3, 0.4) is 0 Å². The number of rotatable bonds is 3. The molecule has 1 rings (SSSR count). The summed E-state index contributed by atoms with van der Waals surface area (Å²) in [4.78, 5) is 10.4. The number of hydrogen-bond acceptors (Lipinski definition) is 3. The zero-order chi connectivity index (χ0) is 9.52. The van der Waals surface area contributed by atoms with Crippen LogP contribution in [-0.4, -0.2) is 17.1 Å². The third kappa shape index (κ3) is 4.72. The van der Waals surface area contributed by atoms with Crippen LogP contribution in [0.5, 0.6) is 0 Å². The van der Waals surface area contributed by atoms with Gasteiger partial charge in [-0.15, -0.1) is 0 Å². The van der Waals surface area contributed by atoms with Crippen LogP contribution in [0.25, 0.3) is 0 Å². The molecule has 0 fully saturated rings. The molecule has 1 heterocycles. The number of carbonyl (C=O) groups is 1. The first-order chi connectivity index (χ1) is 6.29. The average molecular weight is 291 g/mol. The molecule has 1 N–H and O–H groups in total. The van der Waals surface area contributed by atoms with Crippen LogP contribution in [0.2, 0.25) is 0 Å². The predicted molar refractivity (Wildman–Crippen MR) is 59.7 cm³/mol. The SMILES string of the molecule is O=C(I)OC/C=C/C1=CNCC=C1. The average Bonchev–Trinajstić information content (AvgIpc) is 2.14. The normalized spacial score (nSPS) is 15.3. The van der Waals surface area contributed by atoms with Gasteiger partial charge in [-0.05, 0) is 11.6 Å². The lowest BCUT2D eigenvalue weighted by Gasteiger charge is -2.03. The van der Waals surface area contributed by atoms with Gasteiger partial charge in [0.1, 0.15) is 6.61 Å². The van der Waals surface area contributed by atoms with E-state index < -0.39 is 0 Å². The minimum Gasteiger partial charge on any atom is -0.454 e. The van der Waals surface area contributed by atoms with Crippen molar-refractivity contribution in [3.05, 3.63) is 36.1 Å². The summed E-state index contributed by atoms with van der Waals surface area (Å²) in [7, 11) is 0. The second-order valence-corrected chi connectivity index (χ2v) is 3.29. The van der Waals surface area contributed by atoms with Crippen molar-refractivity contribution in [1.82, 2.24) is 5.32 Å². The van der Waals surface area contributed by atoms with Crippen LogP contribution in [0.15, 0.2) is 36.1 Å². The minimum atomic E-state index is -0.284. The lowest BCUT2D eigenvalue weighted by molar-refractivity contribution is 0.191. The molecule has 0 aromatic carbocycles. The molecule has 4 heteroatoms. The molecule has 1 aliphatic rings. The largest absolute Gasteiger partial charge is 0.454 e. The Kier molecular flexibility index (Phi) is 4.59. The van der Waals surface area contributed by atoms with E-state index in [4.69, 9.17) is 4.74 Å². The van der Waals surface area contributed by atoms with Crippen LogP contribution < -0.4 is 5.32 Å². The van der Waals surface area contributed by atoms with E-state index in [1.165, 1.54) is 0 Å². The maximum Gasteiger partial charge on any atom is 0.367 e. The van der Waals surface area contributed by atoms with Gasteiger partial charge in [-0.2, -0.15) is 0 Å². The van der Waals surface area contributed by atoms with Gasteiger partial charge in [-0.3, -0.25) is 0 Å². The summed E-state index contributed by atoms with van der Waals surface area (Å²) in [6.07, 6.45) is 9.67. The third-order valence-electron chi connectivity index (χ3n) is 1.42. The van der Waals surface area contributed by atoms with Crippen LogP contribution >= 0.6 is 22.6 Å². The Labute approximate surface area is 90.7 Å². The van der Waals surface area contributed by atoms with E-state index in [0.29, 0.717) is 6.61 Å². The summed E-state index contributed by atoms with van der Waals surface area (Å²) < 4.78 is 4.44. The van der Waals surface area contributed by atoms with Crippen molar-refractivity contribution in [3.63, 3.8) is 0 Å². The Morgan fingerprint density at radius 2 is 2.62 bits per heavy atom. The molecule has 13 heavy (non-hydrogen) atoms. The molecule has 0 spiro atoms. The first-order valence-corrected chi connectivity index (χ1v) is 4.96. The molecule has 1 aliphatic heterocycles. The Morgan fingerprint density at radius 1 is 1.77 bits per heavy atom. The van der Waals surface area contributed by atoms with E-state index in [-0.39, 0.29) is 3.98 Å². The molecule has 0 aliphatic carbocycles. The highest BCUT2D eigenvalue weighted by atomic mass is 127. The second-order valence-electron chi connectivity index (χ2n) is 2.41. The summed E-state index contributed by atoms with van der Waals surface area (Å²) in [6, 6.07) is 0. The number of allylic oxidation sites excluding steroid dienone is 3. The lowest BCUT2D eigenvalue weighted by Crippen LogP contribution is -2.08. The smallest absolute Gasteiger partial charge is 0.367 e. The first-order valence-electron chi connectivity index (χ1n) is 3.88. The van der Waals surface area contributed by atoms with Crippen LogP contribution in [-0.2, 0) is 4.74 Å². The van der Waals surface area contributed by atoms with E-state index in [1.54, 1.807) is 28.7 Å². The van der Waals surface area contributed by atoms with E-state index in [2.05, 4.69) is 5.32 Å². The summed E-state index contributed by atoms with van der Waals surface area (Å²) in [5, 5.41) is 3.08. The zero-order valence-electron chi connectivity index (χ0n) is 7.00. The van der Waals surface area contributed by atoms with Gasteiger partial charge in [-0.1, -0.05) is 18.2 Å². The molecule has 0 saturated carbocycles. The van der Waals surface area contributed by atoms with Crippen molar-refractivity contribution in [2.75, 3.05) is 13.2 Å². The topological polar surface area (TPSA) is 38.3 Å². The van der Waals surface area contributed by atoms with Crippen molar-refractivity contribution in [2.45, 2.75) is 0 Å². The van der Waals surface area contributed by atoms with Crippen molar-refractivity contribution in [3.8, 4) is 0 Å². The lowest BCUT2D eigenvalue weighted by atomic mass is 10.2. The zero-order valence-corrected chi connectivity index (χ0v) is 9.15. The molecular formula is C9H10INO2. The van der Waals surface area contributed by atoms with Crippen LogP contribution in [0, 0.1) is 0 Å². The fourth-order valence-electron chi connectivity index (χ4n) is 0.889. The molecule has 0 amide bonds. The number of hydrogen-bond donors (Lipinski definition) is 1. The van der Waals surface area contributed by atoms with Gasteiger partial charge in [0.25, 0.3) is 0 Å². The van der Waals surface area contributed by atoms with Gasteiger partial charge in [0, 0.05) is 12.7 Å². The Bertz CT molecular complexity index is 269. The number of dihydropyridines is 1. The highest BCUT2D eigenvalue weighted by Crippen LogP contribution is 2.01. The Morgan fingerprint density at radius 3 is 3.23 bits per heavy atom. The van der Waals surface area contributed by atoms with Crippen molar-refractivity contribution >= 4 is 26.6 Å². The van der Waals surface area contributed by atoms with Gasteiger partial charge in [-0.25, -0.2) is 4.79 Å². The third-order valence-corrected chi connectivity index (χ3v) is 1.73. The summed E-state index contributed by atoms with van der Waals surface area (Å²) in [5.74, 6) is 0. The maximum atomic E-state index is 10.4. The molecule has 0 aromatic heterocycles. The molecular weight excluding hydrogens is 281 g/mol. The predicted octanol–water partition coefficient (Wildman–Crippen LogP) is 2.16. The fraction of sp³-hybridized carbons (Fsp3) is 0.222. The molecule has 0 aromatic rings. The highest BCUT2D eigenvalue weighted by molar-refractivity contribution is 14.1. The maximum absolute atomic E-state index is 10.4. The quantitative estimate of drug-likeness (QED) is 0.639. The molecule has 0 bridgehead atoms. The summed E-state index contributed by atoms with van der Waals surface area (Å²) in [6.45, 7) is 1.20. The minimum absolute atomic E-state index is 0.284. The molecule has 0 unspecified atom stereocenters. The van der Waals surface area contributed by atoms with Gasteiger partial charge < -0.3 is 10.1 Å². The molecule has 3 nitrogen and oxygen atoms in total. The van der Waals surface area contributed by atoms with E-state index in [0.717, 1.165) is 12.1 Å². The fourth-order valence-corrected chi connectivity index (χ4v) is 1.07. The van der Waals surface area contributed by atoms with E-state index in [1.807, 2.05) is 24.4 Å². The second kappa shape index (κ2) is 5.80.